The summed E-state index contributed by atoms with van der Waals surface area (Å²) in [5, 5.41) is 9.87. The van der Waals surface area contributed by atoms with Crippen LogP contribution >= 0.6 is 0 Å². The van der Waals surface area contributed by atoms with Crippen LogP contribution in [0.2, 0.25) is 0 Å². The fraction of sp³-hybridized carbons (Fsp3) is 0.280. The second-order valence-corrected chi connectivity index (χ2v) is 8.20. The van der Waals surface area contributed by atoms with E-state index in [9.17, 15) is 31.4 Å². The monoisotopic (exact) mass is 496 g/mol. The minimum Gasteiger partial charge on any atom is -0.406 e. The molecular weight excluding hydrogens is 474 g/mol. The van der Waals surface area contributed by atoms with Crippen LogP contribution in [0.25, 0.3) is 0 Å². The Labute approximate surface area is 198 Å². The van der Waals surface area contributed by atoms with Crippen molar-refractivity contribution in [3.05, 3.63) is 90.0 Å². The van der Waals surface area contributed by atoms with Gasteiger partial charge in [0.2, 0.25) is 0 Å². The van der Waals surface area contributed by atoms with Gasteiger partial charge in [0.25, 0.3) is 0 Å². The number of aliphatic hydroxyl groups is 1. The zero-order valence-corrected chi connectivity index (χ0v) is 18.3. The summed E-state index contributed by atoms with van der Waals surface area (Å²) in [6.07, 6.45) is -12.2. The van der Waals surface area contributed by atoms with Gasteiger partial charge in [-0.2, -0.15) is 13.2 Å². The molecule has 0 fully saturated rings. The van der Waals surface area contributed by atoms with Crippen LogP contribution in [0.1, 0.15) is 17.2 Å². The Bertz CT molecular complexity index is 1140. The van der Waals surface area contributed by atoms with E-state index in [0.717, 1.165) is 5.56 Å². The Kier molecular flexibility index (Phi) is 6.84. The van der Waals surface area contributed by atoms with Crippen LogP contribution in [0, 0.1) is 0 Å². The molecule has 35 heavy (non-hydrogen) atoms. The van der Waals surface area contributed by atoms with Crippen LogP contribution in [0.15, 0.2) is 78.9 Å². The Morgan fingerprint density at radius 2 is 1.51 bits per heavy atom. The lowest BCUT2D eigenvalue weighted by molar-refractivity contribution is -0.274. The highest BCUT2D eigenvalue weighted by atomic mass is 19.4. The molecule has 3 aromatic carbocycles. The number of nitrogens with zero attached hydrogens (tertiary/aromatic N) is 2. The van der Waals surface area contributed by atoms with E-state index >= 15 is 0 Å². The van der Waals surface area contributed by atoms with E-state index in [1.807, 2.05) is 4.90 Å². The molecule has 2 unspecified atom stereocenters. The van der Waals surface area contributed by atoms with E-state index in [2.05, 4.69) is 4.74 Å². The van der Waals surface area contributed by atoms with Crippen molar-refractivity contribution >= 4 is 11.4 Å². The molecular formula is C25H22F6N2O2. The van der Waals surface area contributed by atoms with Gasteiger partial charge in [-0.15, -0.1) is 13.2 Å². The van der Waals surface area contributed by atoms with Crippen LogP contribution in [-0.4, -0.2) is 36.8 Å². The Hall–Kier alpha value is -3.40. The van der Waals surface area contributed by atoms with Crippen LogP contribution in [0.4, 0.5) is 37.7 Å². The minimum absolute atomic E-state index is 0.199. The molecule has 0 spiro atoms. The van der Waals surface area contributed by atoms with E-state index in [0.29, 0.717) is 16.9 Å². The maximum atomic E-state index is 13.3. The second-order valence-electron chi connectivity index (χ2n) is 8.20. The number of rotatable bonds is 6. The molecule has 2 atom stereocenters. The molecule has 1 heterocycles. The summed E-state index contributed by atoms with van der Waals surface area (Å²) < 4.78 is 81.8. The summed E-state index contributed by atoms with van der Waals surface area (Å²) in [7, 11) is 0. The van der Waals surface area contributed by atoms with Crippen molar-refractivity contribution in [1.29, 1.82) is 0 Å². The quantitative estimate of drug-likeness (QED) is 0.420. The summed E-state index contributed by atoms with van der Waals surface area (Å²) >= 11 is 0. The standard InChI is InChI=1S/C25H22F6N2O2/c26-24(27,28)23(34)16-33-21-12-5-4-11-20(21)32(15-22(33)18-8-2-1-3-9-18)14-17-7-6-10-19(13-17)35-25(29,30)31/h1-13,22-23,34H,14-16H2. The number of fused-ring (bicyclic) bond motifs is 1. The second kappa shape index (κ2) is 9.69. The number of aliphatic hydroxyl groups excluding tert-OH is 1. The number of β-amino-alcohol motifs (C(OH)–C–C–N with tert-alkyl or cyclic N) is 1. The molecule has 186 valence electrons. The fourth-order valence-electron chi connectivity index (χ4n) is 4.24. The maximum absolute atomic E-state index is 13.3. The van der Waals surface area contributed by atoms with Gasteiger partial charge in [0.05, 0.1) is 24.0 Å². The summed E-state index contributed by atoms with van der Waals surface area (Å²) in [6.45, 7) is -0.218. The predicted molar refractivity (Wildman–Crippen MR) is 119 cm³/mol. The Morgan fingerprint density at radius 1 is 0.857 bits per heavy atom. The summed E-state index contributed by atoms with van der Waals surface area (Å²) in [6, 6.07) is 20.8. The van der Waals surface area contributed by atoms with Crippen molar-refractivity contribution in [3.8, 4) is 5.75 Å². The van der Waals surface area contributed by atoms with Crippen molar-refractivity contribution < 1.29 is 36.2 Å². The lowest BCUT2D eigenvalue weighted by Crippen LogP contribution is -2.49. The molecule has 0 saturated carbocycles. The van der Waals surface area contributed by atoms with Gasteiger partial charge in [0.15, 0.2) is 6.10 Å². The predicted octanol–water partition coefficient (Wildman–Crippen LogP) is 6.08. The number of anilines is 2. The largest absolute Gasteiger partial charge is 0.573 e. The van der Waals surface area contributed by atoms with Crippen molar-refractivity contribution in [1.82, 2.24) is 0 Å². The SMILES string of the molecule is OC(CN1c2ccccc2N(Cc2cccc(OC(F)(F)F)c2)CC1c1ccccc1)C(F)(F)F. The smallest absolute Gasteiger partial charge is 0.406 e. The number of halogens is 6. The molecule has 0 amide bonds. The van der Waals surface area contributed by atoms with E-state index in [4.69, 9.17) is 0 Å². The van der Waals surface area contributed by atoms with E-state index in [1.165, 1.54) is 23.1 Å². The number of hydrogen-bond donors (Lipinski definition) is 1. The molecule has 0 bridgehead atoms. The molecule has 1 N–H and O–H groups in total. The third-order valence-corrected chi connectivity index (χ3v) is 5.74. The van der Waals surface area contributed by atoms with Gasteiger partial charge in [-0.3, -0.25) is 0 Å². The zero-order chi connectivity index (χ0) is 25.2. The van der Waals surface area contributed by atoms with Crippen LogP contribution in [-0.2, 0) is 6.54 Å². The number of ether oxygens (including phenoxy) is 1. The van der Waals surface area contributed by atoms with E-state index in [-0.39, 0.29) is 18.8 Å². The van der Waals surface area contributed by atoms with Gasteiger partial charge in [-0.05, 0) is 35.4 Å². The first-order chi connectivity index (χ1) is 16.5. The molecule has 3 aromatic rings. The fourth-order valence-corrected chi connectivity index (χ4v) is 4.24. The van der Waals surface area contributed by atoms with Gasteiger partial charge in [0.1, 0.15) is 5.75 Å². The summed E-state index contributed by atoms with van der Waals surface area (Å²) in [5.41, 5.74) is 2.38. The average Bonchev–Trinajstić information content (AvgIpc) is 2.79. The van der Waals surface area contributed by atoms with Gasteiger partial charge < -0.3 is 19.6 Å². The topological polar surface area (TPSA) is 35.9 Å². The molecule has 4 rings (SSSR count). The van der Waals surface area contributed by atoms with Crippen molar-refractivity contribution in [2.24, 2.45) is 0 Å². The number of benzene rings is 3. The number of para-hydroxylation sites is 2. The van der Waals surface area contributed by atoms with Crippen molar-refractivity contribution in [2.45, 2.75) is 31.2 Å². The zero-order valence-electron chi connectivity index (χ0n) is 18.3. The maximum Gasteiger partial charge on any atom is 0.573 e. The average molecular weight is 496 g/mol. The van der Waals surface area contributed by atoms with Gasteiger partial charge in [-0.25, -0.2) is 0 Å². The van der Waals surface area contributed by atoms with Crippen molar-refractivity contribution in [3.63, 3.8) is 0 Å². The molecule has 1 aliphatic rings. The highest BCUT2D eigenvalue weighted by Gasteiger charge is 2.42. The first kappa shape index (κ1) is 24.7. The summed E-state index contributed by atoms with van der Waals surface area (Å²) in [5.74, 6) is -0.352. The van der Waals surface area contributed by atoms with Gasteiger partial charge in [0, 0.05) is 13.1 Å². The molecule has 1 aliphatic heterocycles. The van der Waals surface area contributed by atoms with Gasteiger partial charge in [-0.1, -0.05) is 54.6 Å². The molecule has 0 aromatic heterocycles. The highest BCUT2D eigenvalue weighted by Crippen LogP contribution is 2.42. The van der Waals surface area contributed by atoms with Crippen molar-refractivity contribution in [2.75, 3.05) is 22.9 Å². The lowest BCUT2D eigenvalue weighted by atomic mass is 9.98. The molecule has 0 saturated heterocycles. The Balaban J connectivity index is 1.70. The summed E-state index contributed by atoms with van der Waals surface area (Å²) in [4.78, 5) is 3.43. The molecule has 0 aliphatic carbocycles. The number of alkyl halides is 6. The molecule has 4 nitrogen and oxygen atoms in total. The van der Waals surface area contributed by atoms with Gasteiger partial charge >= 0.3 is 12.5 Å². The number of hydrogen-bond acceptors (Lipinski definition) is 4. The first-order valence-electron chi connectivity index (χ1n) is 10.8. The first-order valence-corrected chi connectivity index (χ1v) is 10.8. The third kappa shape index (κ3) is 6.00. The minimum atomic E-state index is -4.82. The molecule has 10 heteroatoms. The lowest BCUT2D eigenvalue weighted by Gasteiger charge is -2.45. The normalized spacial score (nSPS) is 17.2. The van der Waals surface area contributed by atoms with Crippen LogP contribution in [0.5, 0.6) is 5.75 Å². The third-order valence-electron chi connectivity index (χ3n) is 5.74. The van der Waals surface area contributed by atoms with Crippen LogP contribution in [0.3, 0.4) is 0 Å². The van der Waals surface area contributed by atoms with E-state index in [1.54, 1.807) is 60.7 Å². The molecule has 0 radical (unpaired) electrons. The van der Waals surface area contributed by atoms with E-state index < -0.39 is 31.2 Å². The Morgan fingerprint density at radius 3 is 2.17 bits per heavy atom. The highest BCUT2D eigenvalue weighted by molar-refractivity contribution is 5.74. The van der Waals surface area contributed by atoms with Crippen LogP contribution < -0.4 is 14.5 Å².